The van der Waals surface area contributed by atoms with Gasteiger partial charge in [0.25, 0.3) is 5.91 Å². The summed E-state index contributed by atoms with van der Waals surface area (Å²) >= 11 is 0. The molecule has 0 aromatic heterocycles. The van der Waals surface area contributed by atoms with Gasteiger partial charge in [-0.25, -0.2) is 12.8 Å². The van der Waals surface area contributed by atoms with Crippen LogP contribution in [0.4, 0.5) is 4.39 Å². The normalized spacial score (nSPS) is 15.3. The Balaban J connectivity index is 1.68. The highest BCUT2D eigenvalue weighted by atomic mass is 32.2. The quantitative estimate of drug-likeness (QED) is 0.756. The number of ether oxygens (including phenoxy) is 2. The van der Waals surface area contributed by atoms with Gasteiger partial charge in [0, 0.05) is 32.2 Å². The van der Waals surface area contributed by atoms with Crippen molar-refractivity contribution in [1.82, 2.24) is 9.21 Å². The Kier molecular flexibility index (Phi) is 5.85. The molecule has 1 amide bonds. The summed E-state index contributed by atoms with van der Waals surface area (Å²) < 4.78 is 51.0. The Hall–Kier alpha value is -2.65. The number of halogens is 1. The predicted molar refractivity (Wildman–Crippen MR) is 101 cm³/mol. The van der Waals surface area contributed by atoms with E-state index in [2.05, 4.69) is 0 Å². The highest BCUT2D eigenvalue weighted by molar-refractivity contribution is 7.89. The Bertz CT molecular complexity index is 955. The maximum Gasteiger partial charge on any atom is 0.256 e. The Labute approximate surface area is 163 Å². The lowest BCUT2D eigenvalue weighted by Crippen LogP contribution is -2.50. The van der Waals surface area contributed by atoms with E-state index in [0.29, 0.717) is 11.5 Å². The minimum absolute atomic E-state index is 0.0627. The van der Waals surface area contributed by atoms with Gasteiger partial charge in [-0.3, -0.25) is 4.79 Å². The zero-order valence-corrected chi connectivity index (χ0v) is 16.4. The number of hydrogen-bond acceptors (Lipinski definition) is 5. The highest BCUT2D eigenvalue weighted by Gasteiger charge is 2.31. The predicted octanol–water partition coefficient (Wildman–Crippen LogP) is 1.99. The Morgan fingerprint density at radius 2 is 1.50 bits per heavy atom. The zero-order chi connectivity index (χ0) is 20.3. The lowest BCUT2D eigenvalue weighted by Gasteiger charge is -2.34. The number of benzene rings is 2. The molecule has 1 aliphatic heterocycles. The molecular formula is C19H21FN2O5S. The summed E-state index contributed by atoms with van der Waals surface area (Å²) in [7, 11) is -0.748. The van der Waals surface area contributed by atoms with E-state index in [4.69, 9.17) is 9.47 Å². The van der Waals surface area contributed by atoms with Crippen LogP contribution in [0, 0.1) is 5.82 Å². The number of carbonyl (C=O) groups excluding carboxylic acids is 1. The van der Waals surface area contributed by atoms with Gasteiger partial charge in [-0.1, -0.05) is 0 Å². The second kappa shape index (κ2) is 8.15. The number of hydrogen-bond donors (Lipinski definition) is 0. The van der Waals surface area contributed by atoms with E-state index in [-0.39, 0.29) is 36.6 Å². The van der Waals surface area contributed by atoms with Crippen LogP contribution in [0.5, 0.6) is 11.5 Å². The zero-order valence-electron chi connectivity index (χ0n) is 15.6. The number of carbonyl (C=O) groups is 1. The first-order valence-electron chi connectivity index (χ1n) is 8.64. The third-order valence-corrected chi connectivity index (χ3v) is 6.54. The molecule has 1 saturated heterocycles. The first-order valence-corrected chi connectivity index (χ1v) is 10.1. The van der Waals surface area contributed by atoms with Crippen LogP contribution in [0.3, 0.4) is 0 Å². The minimum Gasteiger partial charge on any atom is -0.497 e. The second-order valence-corrected chi connectivity index (χ2v) is 8.16. The molecule has 0 saturated carbocycles. The molecule has 0 aliphatic carbocycles. The van der Waals surface area contributed by atoms with Gasteiger partial charge in [-0.15, -0.1) is 0 Å². The Morgan fingerprint density at radius 1 is 0.929 bits per heavy atom. The van der Waals surface area contributed by atoms with Crippen molar-refractivity contribution in [2.45, 2.75) is 4.90 Å². The maximum absolute atomic E-state index is 14.1. The number of amides is 1. The van der Waals surface area contributed by atoms with E-state index >= 15 is 0 Å². The highest BCUT2D eigenvalue weighted by Crippen LogP contribution is 2.22. The molecule has 0 N–H and O–H groups in total. The van der Waals surface area contributed by atoms with Crippen LogP contribution in [-0.4, -0.2) is 63.9 Å². The molecule has 7 nitrogen and oxygen atoms in total. The number of piperazine rings is 1. The molecular weight excluding hydrogens is 387 g/mol. The standard InChI is InChI=1S/C19H21FN2O5S/c1-26-14-3-6-16(7-4-14)28(24,25)22-11-9-21(10-12-22)19(23)17-8-5-15(27-2)13-18(17)20/h3-8,13H,9-12H2,1-2H3. The van der Waals surface area contributed by atoms with Crippen LogP contribution < -0.4 is 9.47 Å². The SMILES string of the molecule is COc1ccc(S(=O)(=O)N2CCN(C(=O)c3ccc(OC)cc3F)CC2)cc1. The van der Waals surface area contributed by atoms with Gasteiger partial charge in [-0.05, 0) is 36.4 Å². The molecule has 0 unspecified atom stereocenters. The largest absolute Gasteiger partial charge is 0.497 e. The van der Waals surface area contributed by atoms with Gasteiger partial charge >= 0.3 is 0 Å². The van der Waals surface area contributed by atoms with Gasteiger partial charge in [-0.2, -0.15) is 4.31 Å². The van der Waals surface area contributed by atoms with Crippen molar-refractivity contribution in [1.29, 1.82) is 0 Å². The molecule has 0 bridgehead atoms. The van der Waals surface area contributed by atoms with Crippen molar-refractivity contribution in [3.05, 3.63) is 53.8 Å². The summed E-state index contributed by atoms with van der Waals surface area (Å²) in [6.45, 7) is 0.634. The van der Waals surface area contributed by atoms with Crippen molar-refractivity contribution >= 4 is 15.9 Å². The summed E-state index contributed by atoms with van der Waals surface area (Å²) in [5.41, 5.74) is -0.0627. The van der Waals surface area contributed by atoms with Crippen LogP contribution in [-0.2, 0) is 10.0 Å². The van der Waals surface area contributed by atoms with Gasteiger partial charge in [0.2, 0.25) is 10.0 Å². The maximum atomic E-state index is 14.1. The van der Waals surface area contributed by atoms with Gasteiger partial charge in [0.1, 0.15) is 17.3 Å². The average Bonchev–Trinajstić information content (AvgIpc) is 2.73. The second-order valence-electron chi connectivity index (χ2n) is 6.22. The molecule has 9 heteroatoms. The molecule has 2 aromatic carbocycles. The lowest BCUT2D eigenvalue weighted by atomic mass is 10.1. The number of nitrogens with zero attached hydrogens (tertiary/aromatic N) is 2. The van der Waals surface area contributed by atoms with E-state index in [1.54, 1.807) is 12.1 Å². The smallest absolute Gasteiger partial charge is 0.256 e. The fourth-order valence-electron chi connectivity index (χ4n) is 2.99. The number of rotatable bonds is 5. The molecule has 1 fully saturated rings. The van der Waals surface area contributed by atoms with E-state index in [1.807, 2.05) is 0 Å². The molecule has 0 spiro atoms. The van der Waals surface area contributed by atoms with Crippen LogP contribution in [0.2, 0.25) is 0 Å². The average molecular weight is 408 g/mol. The first-order chi connectivity index (χ1) is 13.4. The van der Waals surface area contributed by atoms with Crippen LogP contribution >= 0.6 is 0 Å². The minimum atomic E-state index is -3.67. The number of sulfonamides is 1. The lowest BCUT2D eigenvalue weighted by molar-refractivity contribution is 0.0693. The van der Waals surface area contributed by atoms with Crippen molar-refractivity contribution in [2.24, 2.45) is 0 Å². The van der Waals surface area contributed by atoms with E-state index in [9.17, 15) is 17.6 Å². The molecule has 28 heavy (non-hydrogen) atoms. The molecule has 0 atom stereocenters. The molecule has 150 valence electrons. The number of methoxy groups -OCH3 is 2. The fraction of sp³-hybridized carbons (Fsp3) is 0.316. The van der Waals surface area contributed by atoms with Crippen molar-refractivity contribution in [2.75, 3.05) is 40.4 Å². The van der Waals surface area contributed by atoms with E-state index in [0.717, 1.165) is 6.07 Å². The van der Waals surface area contributed by atoms with Crippen LogP contribution in [0.25, 0.3) is 0 Å². The van der Waals surface area contributed by atoms with Crippen molar-refractivity contribution in [3.8, 4) is 11.5 Å². The van der Waals surface area contributed by atoms with Gasteiger partial charge < -0.3 is 14.4 Å². The Morgan fingerprint density at radius 3 is 2.04 bits per heavy atom. The monoisotopic (exact) mass is 408 g/mol. The third-order valence-electron chi connectivity index (χ3n) is 4.63. The van der Waals surface area contributed by atoms with Gasteiger partial charge in [0.05, 0.1) is 24.7 Å². The third kappa shape index (κ3) is 3.95. The van der Waals surface area contributed by atoms with Crippen molar-refractivity contribution in [3.63, 3.8) is 0 Å². The van der Waals surface area contributed by atoms with E-state index in [1.165, 1.54) is 47.7 Å². The molecule has 2 aromatic rings. The molecule has 1 aliphatic rings. The van der Waals surface area contributed by atoms with Crippen LogP contribution in [0.1, 0.15) is 10.4 Å². The summed E-state index contributed by atoms with van der Waals surface area (Å²) in [6.07, 6.45) is 0. The van der Waals surface area contributed by atoms with Crippen LogP contribution in [0.15, 0.2) is 47.4 Å². The summed E-state index contributed by atoms with van der Waals surface area (Å²) in [6, 6.07) is 10.2. The van der Waals surface area contributed by atoms with Crippen molar-refractivity contribution < 1.29 is 27.1 Å². The van der Waals surface area contributed by atoms with Gasteiger partial charge in [0.15, 0.2) is 0 Å². The topological polar surface area (TPSA) is 76.2 Å². The summed E-state index contributed by atoms with van der Waals surface area (Å²) in [4.78, 5) is 14.2. The summed E-state index contributed by atoms with van der Waals surface area (Å²) in [5.74, 6) is -0.250. The summed E-state index contributed by atoms with van der Waals surface area (Å²) in [5, 5.41) is 0. The fourth-order valence-corrected chi connectivity index (χ4v) is 4.42. The molecule has 1 heterocycles. The first kappa shape index (κ1) is 20.1. The molecule has 3 rings (SSSR count). The van der Waals surface area contributed by atoms with E-state index < -0.39 is 21.7 Å². The molecule has 0 radical (unpaired) electrons.